The van der Waals surface area contributed by atoms with E-state index in [0.29, 0.717) is 6.04 Å². The van der Waals surface area contributed by atoms with E-state index < -0.39 is 0 Å². The zero-order valence-corrected chi connectivity index (χ0v) is 12.2. The summed E-state index contributed by atoms with van der Waals surface area (Å²) in [6.45, 7) is 7.96. The molecule has 0 saturated carbocycles. The molecular weight excluding hydrogens is 226 g/mol. The first kappa shape index (κ1) is 13.1. The van der Waals surface area contributed by atoms with Gasteiger partial charge in [-0.15, -0.1) is 11.3 Å². The van der Waals surface area contributed by atoms with Crippen LogP contribution >= 0.6 is 11.3 Å². The minimum Gasteiger partial charge on any atom is -0.309 e. The van der Waals surface area contributed by atoms with Crippen LogP contribution < -0.4 is 5.32 Å². The van der Waals surface area contributed by atoms with Crippen LogP contribution in [0.4, 0.5) is 0 Å². The van der Waals surface area contributed by atoms with Crippen LogP contribution in [-0.2, 0) is 12.8 Å². The van der Waals surface area contributed by atoms with Crippen molar-refractivity contribution < 1.29 is 0 Å². The summed E-state index contributed by atoms with van der Waals surface area (Å²) in [5, 5.41) is 3.68. The summed E-state index contributed by atoms with van der Waals surface area (Å²) in [7, 11) is 0. The van der Waals surface area contributed by atoms with E-state index in [0.717, 1.165) is 12.5 Å². The summed E-state index contributed by atoms with van der Waals surface area (Å²) in [4.78, 5) is 3.24. The number of aryl methyl sites for hydroxylation is 2. The van der Waals surface area contributed by atoms with Crippen LogP contribution in [-0.4, -0.2) is 6.54 Å². The van der Waals surface area contributed by atoms with Gasteiger partial charge in [0.2, 0.25) is 0 Å². The van der Waals surface area contributed by atoms with E-state index in [1.165, 1.54) is 32.1 Å². The molecule has 1 aromatic heterocycles. The smallest absolute Gasteiger partial charge is 0.0440 e. The van der Waals surface area contributed by atoms with Gasteiger partial charge in [-0.2, -0.15) is 0 Å². The summed E-state index contributed by atoms with van der Waals surface area (Å²) in [6, 6.07) is 3.06. The fourth-order valence-corrected chi connectivity index (χ4v) is 4.40. The Kier molecular flexibility index (Phi) is 4.63. The number of nitrogens with one attached hydrogen (secondary N) is 1. The van der Waals surface area contributed by atoms with Gasteiger partial charge in [0.25, 0.3) is 0 Å². The maximum absolute atomic E-state index is 3.68. The lowest BCUT2D eigenvalue weighted by atomic mass is 9.95. The predicted octanol–water partition coefficient (Wildman–Crippen LogP) is 4.32. The maximum Gasteiger partial charge on any atom is 0.0440 e. The standard InChI is InChI=1S/C15H25NS/c1-4-7-11(3)15(16-5-2)14-10-12-8-6-9-13(12)17-14/h10-11,15-16H,4-9H2,1-3H3. The first-order valence-corrected chi connectivity index (χ1v) is 7.92. The fraction of sp³-hybridized carbons (Fsp3) is 0.733. The van der Waals surface area contributed by atoms with Crippen LogP contribution in [0.25, 0.3) is 0 Å². The highest BCUT2D eigenvalue weighted by Gasteiger charge is 2.23. The summed E-state index contributed by atoms with van der Waals surface area (Å²) in [5.74, 6) is 0.749. The fourth-order valence-electron chi connectivity index (χ4n) is 2.93. The first-order valence-electron chi connectivity index (χ1n) is 7.11. The van der Waals surface area contributed by atoms with Crippen molar-refractivity contribution in [3.05, 3.63) is 21.4 Å². The molecule has 1 N–H and O–H groups in total. The molecule has 2 rings (SSSR count). The van der Waals surface area contributed by atoms with E-state index in [9.17, 15) is 0 Å². The molecule has 0 fully saturated rings. The van der Waals surface area contributed by atoms with Crippen molar-refractivity contribution >= 4 is 11.3 Å². The van der Waals surface area contributed by atoms with Gasteiger partial charge in [-0.3, -0.25) is 0 Å². The van der Waals surface area contributed by atoms with E-state index in [4.69, 9.17) is 0 Å². The van der Waals surface area contributed by atoms with E-state index in [2.05, 4.69) is 43.5 Å². The molecule has 1 aliphatic rings. The second kappa shape index (κ2) is 6.01. The van der Waals surface area contributed by atoms with Gasteiger partial charge in [-0.05, 0) is 49.8 Å². The van der Waals surface area contributed by atoms with Crippen molar-refractivity contribution in [2.45, 2.75) is 58.9 Å². The second-order valence-electron chi connectivity index (χ2n) is 5.25. The van der Waals surface area contributed by atoms with Crippen molar-refractivity contribution in [1.29, 1.82) is 0 Å². The summed E-state index contributed by atoms with van der Waals surface area (Å²) >= 11 is 2.06. The van der Waals surface area contributed by atoms with Gasteiger partial charge < -0.3 is 5.32 Å². The second-order valence-corrected chi connectivity index (χ2v) is 6.42. The summed E-state index contributed by atoms with van der Waals surface area (Å²) < 4.78 is 0. The van der Waals surface area contributed by atoms with Crippen LogP contribution in [0.2, 0.25) is 0 Å². The van der Waals surface area contributed by atoms with E-state index in [1.54, 1.807) is 15.3 Å². The highest BCUT2D eigenvalue weighted by atomic mass is 32.1. The topological polar surface area (TPSA) is 12.0 Å². The van der Waals surface area contributed by atoms with Gasteiger partial charge in [0.05, 0.1) is 0 Å². The first-order chi connectivity index (χ1) is 8.26. The van der Waals surface area contributed by atoms with Crippen LogP contribution in [0.3, 0.4) is 0 Å². The molecule has 0 bridgehead atoms. The van der Waals surface area contributed by atoms with Gasteiger partial charge >= 0.3 is 0 Å². The molecule has 2 unspecified atom stereocenters. The van der Waals surface area contributed by atoms with Gasteiger partial charge in [-0.25, -0.2) is 0 Å². The third-order valence-electron chi connectivity index (χ3n) is 3.81. The van der Waals surface area contributed by atoms with Crippen LogP contribution in [0.1, 0.15) is 61.4 Å². The third kappa shape index (κ3) is 2.92. The minimum atomic E-state index is 0.579. The Balaban J connectivity index is 2.13. The lowest BCUT2D eigenvalue weighted by Gasteiger charge is -2.23. The molecule has 1 nitrogen and oxygen atoms in total. The lowest BCUT2D eigenvalue weighted by Crippen LogP contribution is -2.26. The van der Waals surface area contributed by atoms with E-state index >= 15 is 0 Å². The number of thiophene rings is 1. The highest BCUT2D eigenvalue weighted by Crippen LogP contribution is 2.37. The van der Waals surface area contributed by atoms with Crippen molar-refractivity contribution in [3.8, 4) is 0 Å². The maximum atomic E-state index is 3.68. The number of rotatable bonds is 6. The Morgan fingerprint density at radius 2 is 2.18 bits per heavy atom. The molecule has 0 saturated heterocycles. The largest absolute Gasteiger partial charge is 0.309 e. The Bertz CT molecular complexity index is 334. The van der Waals surface area contributed by atoms with Gasteiger partial charge in [-0.1, -0.05) is 27.2 Å². The molecule has 0 aliphatic heterocycles. The zero-order chi connectivity index (χ0) is 12.3. The lowest BCUT2D eigenvalue weighted by molar-refractivity contribution is 0.374. The van der Waals surface area contributed by atoms with Crippen molar-refractivity contribution in [2.75, 3.05) is 6.54 Å². The number of hydrogen-bond acceptors (Lipinski definition) is 2. The Morgan fingerprint density at radius 1 is 1.35 bits per heavy atom. The van der Waals surface area contributed by atoms with Crippen molar-refractivity contribution in [1.82, 2.24) is 5.32 Å². The molecule has 2 heteroatoms. The molecule has 0 radical (unpaired) electrons. The highest BCUT2D eigenvalue weighted by molar-refractivity contribution is 7.12. The van der Waals surface area contributed by atoms with Gasteiger partial charge in [0.1, 0.15) is 0 Å². The predicted molar refractivity (Wildman–Crippen MR) is 76.8 cm³/mol. The Labute approximate surface area is 110 Å². The number of fused-ring (bicyclic) bond motifs is 1. The molecule has 0 aromatic carbocycles. The summed E-state index contributed by atoms with van der Waals surface area (Å²) in [5.41, 5.74) is 1.64. The average molecular weight is 251 g/mol. The molecule has 1 heterocycles. The van der Waals surface area contributed by atoms with Gasteiger partial charge in [0, 0.05) is 15.8 Å². The van der Waals surface area contributed by atoms with Crippen LogP contribution in [0.5, 0.6) is 0 Å². The van der Waals surface area contributed by atoms with Gasteiger partial charge in [0.15, 0.2) is 0 Å². The number of hydrogen-bond donors (Lipinski definition) is 1. The average Bonchev–Trinajstić information content (AvgIpc) is 2.86. The Hall–Kier alpha value is -0.340. The molecular formula is C15H25NS. The van der Waals surface area contributed by atoms with E-state index in [-0.39, 0.29) is 0 Å². The molecule has 96 valence electrons. The van der Waals surface area contributed by atoms with Crippen molar-refractivity contribution in [3.63, 3.8) is 0 Å². The zero-order valence-electron chi connectivity index (χ0n) is 11.4. The molecule has 1 aliphatic carbocycles. The van der Waals surface area contributed by atoms with Crippen LogP contribution in [0, 0.1) is 5.92 Å². The molecule has 17 heavy (non-hydrogen) atoms. The molecule has 2 atom stereocenters. The van der Waals surface area contributed by atoms with Crippen LogP contribution in [0.15, 0.2) is 6.07 Å². The van der Waals surface area contributed by atoms with E-state index in [1.807, 2.05) is 0 Å². The SMILES string of the molecule is CCCC(C)C(NCC)c1cc2c(s1)CCC2. The molecule has 0 amide bonds. The minimum absolute atomic E-state index is 0.579. The Morgan fingerprint density at radius 3 is 2.82 bits per heavy atom. The third-order valence-corrected chi connectivity index (χ3v) is 5.13. The quantitative estimate of drug-likeness (QED) is 0.794. The molecule has 1 aromatic rings. The normalized spacial score (nSPS) is 18.1. The van der Waals surface area contributed by atoms with Crippen molar-refractivity contribution in [2.24, 2.45) is 5.92 Å². The molecule has 0 spiro atoms. The summed E-state index contributed by atoms with van der Waals surface area (Å²) in [6.07, 6.45) is 6.61. The monoisotopic (exact) mass is 251 g/mol.